The quantitative estimate of drug-likeness (QED) is 0.346. The Morgan fingerprint density at radius 1 is 1.03 bits per heavy atom. The van der Waals surface area contributed by atoms with Crippen molar-refractivity contribution in [1.82, 2.24) is 0 Å². The number of aliphatic imine (C=N–C) groups is 1. The number of phenolic OH excluding ortho intramolecular Hbond substituents is 1. The van der Waals surface area contributed by atoms with Crippen LogP contribution in [0, 0.1) is 12.8 Å². The van der Waals surface area contributed by atoms with E-state index in [1.165, 1.54) is 36.8 Å². The number of phenols is 1. The Morgan fingerprint density at radius 2 is 1.60 bits per heavy atom. The van der Waals surface area contributed by atoms with E-state index in [1.807, 2.05) is 24.4 Å². The molecule has 1 aliphatic rings. The van der Waals surface area contributed by atoms with Crippen molar-refractivity contribution in [3.63, 3.8) is 0 Å². The molecular formula is C25H33Cl2NOTi. The van der Waals surface area contributed by atoms with Gasteiger partial charge in [0.2, 0.25) is 0 Å². The van der Waals surface area contributed by atoms with Crippen LogP contribution in [0.3, 0.4) is 0 Å². The first kappa shape index (κ1) is 25.5. The van der Waals surface area contributed by atoms with Crippen LogP contribution in [0.15, 0.2) is 41.4 Å². The van der Waals surface area contributed by atoms with Crippen LogP contribution in [-0.4, -0.2) is 11.3 Å². The van der Waals surface area contributed by atoms with E-state index in [9.17, 15) is 5.11 Å². The van der Waals surface area contributed by atoms with E-state index >= 15 is 0 Å². The average molecular weight is 482 g/mol. The molecule has 0 atom stereocenters. The fourth-order valence-corrected chi connectivity index (χ4v) is 4.01. The van der Waals surface area contributed by atoms with Crippen molar-refractivity contribution in [3.05, 3.63) is 58.7 Å². The molecule has 0 heterocycles. The topological polar surface area (TPSA) is 32.6 Å². The normalized spacial score (nSPS) is 19.3. The second kappa shape index (κ2) is 11.7. The van der Waals surface area contributed by atoms with Crippen molar-refractivity contribution in [3.8, 4) is 5.75 Å². The van der Waals surface area contributed by atoms with E-state index < -0.39 is 17.0 Å². The Balaban J connectivity index is 0.00000101. The second-order valence-corrected chi connectivity index (χ2v) is 12.0. The Kier molecular flexibility index (Phi) is 9.95. The van der Waals surface area contributed by atoms with Crippen LogP contribution >= 0.6 is 18.6 Å². The third kappa shape index (κ3) is 7.41. The van der Waals surface area contributed by atoms with E-state index in [2.05, 4.69) is 57.8 Å². The first-order chi connectivity index (χ1) is 14.2. The maximum absolute atomic E-state index is 10.9. The fraction of sp³-hybridized carbons (Fsp3) is 0.480. The van der Waals surface area contributed by atoms with Gasteiger partial charge in [-0.2, -0.15) is 0 Å². The third-order valence-electron chi connectivity index (χ3n) is 5.85. The summed E-state index contributed by atoms with van der Waals surface area (Å²) in [4.78, 5) is 4.61. The predicted octanol–water partition coefficient (Wildman–Crippen LogP) is 8.42. The van der Waals surface area contributed by atoms with Crippen LogP contribution in [0.4, 0.5) is 5.69 Å². The average Bonchev–Trinajstić information content (AvgIpc) is 2.69. The molecule has 1 saturated carbocycles. The van der Waals surface area contributed by atoms with Gasteiger partial charge in [0.05, 0.1) is 5.69 Å². The van der Waals surface area contributed by atoms with Crippen molar-refractivity contribution < 1.29 is 22.1 Å². The molecule has 1 fully saturated rings. The number of halogens is 2. The summed E-state index contributed by atoms with van der Waals surface area (Å²) in [5, 5.41) is 10.9. The molecule has 0 bridgehead atoms. The molecule has 2 nitrogen and oxygen atoms in total. The van der Waals surface area contributed by atoms with E-state index in [4.69, 9.17) is 18.6 Å². The minimum absolute atomic E-state index is 0.142. The van der Waals surface area contributed by atoms with Crippen molar-refractivity contribution in [2.24, 2.45) is 10.9 Å². The first-order valence-electron chi connectivity index (χ1n) is 10.6. The molecule has 0 radical (unpaired) electrons. The van der Waals surface area contributed by atoms with Gasteiger partial charge in [-0.25, -0.2) is 0 Å². The zero-order valence-corrected chi connectivity index (χ0v) is 21.7. The number of aryl methyl sites for hydroxylation is 1. The molecule has 0 aliphatic heterocycles. The van der Waals surface area contributed by atoms with Crippen LogP contribution in [0.1, 0.15) is 81.5 Å². The molecule has 0 aromatic heterocycles. The predicted molar refractivity (Wildman–Crippen MR) is 127 cm³/mol. The number of rotatable bonds is 3. The molecule has 0 unspecified atom stereocenters. The van der Waals surface area contributed by atoms with Crippen LogP contribution < -0.4 is 0 Å². The van der Waals surface area contributed by atoms with Gasteiger partial charge in [-0.05, 0) is 71.9 Å². The number of hydrogen-bond donors (Lipinski definition) is 1. The molecule has 3 rings (SSSR count). The molecule has 0 spiro atoms. The van der Waals surface area contributed by atoms with E-state index in [0.29, 0.717) is 11.7 Å². The van der Waals surface area contributed by atoms with Crippen molar-refractivity contribution in [1.29, 1.82) is 0 Å². The van der Waals surface area contributed by atoms with E-state index in [-0.39, 0.29) is 5.41 Å². The molecule has 2 aromatic carbocycles. The summed E-state index contributed by atoms with van der Waals surface area (Å²) in [7, 11) is 9.78. The molecule has 30 heavy (non-hydrogen) atoms. The molecule has 0 saturated heterocycles. The summed E-state index contributed by atoms with van der Waals surface area (Å²) < 4.78 is 0. The Morgan fingerprint density at radius 3 is 2.13 bits per heavy atom. The molecule has 2 aromatic rings. The Labute approximate surface area is 198 Å². The summed E-state index contributed by atoms with van der Waals surface area (Å²) in [6, 6.07) is 12.6. The van der Waals surface area contributed by atoms with Gasteiger partial charge in [-0.1, -0.05) is 58.7 Å². The Hall–Kier alpha value is -0.796. The Bertz CT molecular complexity index is 835. The molecule has 5 heteroatoms. The maximum atomic E-state index is 10.9. The number of hydrogen-bond acceptors (Lipinski definition) is 2. The van der Waals surface area contributed by atoms with Crippen LogP contribution in [0.25, 0.3) is 0 Å². The van der Waals surface area contributed by atoms with E-state index in [1.54, 1.807) is 0 Å². The van der Waals surface area contributed by atoms with Crippen molar-refractivity contribution in [2.75, 3.05) is 0 Å². The fourth-order valence-electron chi connectivity index (χ4n) is 4.01. The van der Waals surface area contributed by atoms with Crippen LogP contribution in [-0.2, 0) is 22.4 Å². The van der Waals surface area contributed by atoms with Crippen molar-refractivity contribution >= 4 is 30.5 Å². The second-order valence-electron chi connectivity index (χ2n) is 9.38. The number of benzene rings is 2. The van der Waals surface area contributed by atoms with Gasteiger partial charge in [0.1, 0.15) is 5.75 Å². The summed E-state index contributed by atoms with van der Waals surface area (Å²) in [5.74, 6) is 1.69. The van der Waals surface area contributed by atoms with Gasteiger partial charge >= 0.3 is 35.6 Å². The van der Waals surface area contributed by atoms with Gasteiger partial charge < -0.3 is 5.11 Å². The van der Waals surface area contributed by atoms with Crippen LogP contribution in [0.5, 0.6) is 5.75 Å². The third-order valence-corrected chi connectivity index (χ3v) is 5.85. The summed E-state index contributed by atoms with van der Waals surface area (Å²) in [5.41, 5.74) is 5.47. The minimum atomic E-state index is -0.556. The molecular weight excluding hydrogens is 449 g/mol. The summed E-state index contributed by atoms with van der Waals surface area (Å²) >= 11 is -0.556. The van der Waals surface area contributed by atoms with Crippen LogP contribution in [0.2, 0.25) is 0 Å². The van der Waals surface area contributed by atoms with Gasteiger partial charge in [0.15, 0.2) is 0 Å². The zero-order valence-electron chi connectivity index (χ0n) is 18.7. The monoisotopic (exact) mass is 481 g/mol. The SMILES string of the molecule is Cc1cc(C=Nc2ccc(C(C)(C)C)cc2)c(O)c(C2CCC(C)CC2)c1.[Cl][Ti][Cl]. The summed E-state index contributed by atoms with van der Waals surface area (Å²) in [6.07, 6.45) is 6.65. The zero-order chi connectivity index (χ0) is 22.3. The molecule has 0 amide bonds. The first-order valence-corrected chi connectivity index (χ1v) is 14.9. The molecule has 162 valence electrons. The van der Waals surface area contributed by atoms with Crippen molar-refractivity contribution in [2.45, 2.75) is 71.6 Å². The molecule has 1 N–H and O–H groups in total. The van der Waals surface area contributed by atoms with Gasteiger partial charge in [0, 0.05) is 11.8 Å². The molecule has 1 aliphatic carbocycles. The van der Waals surface area contributed by atoms with Gasteiger partial charge in [-0.15, -0.1) is 0 Å². The van der Waals surface area contributed by atoms with Gasteiger partial charge in [-0.3, -0.25) is 4.99 Å². The number of nitrogens with zero attached hydrogens (tertiary/aromatic N) is 1. The van der Waals surface area contributed by atoms with E-state index in [0.717, 1.165) is 22.7 Å². The number of aromatic hydroxyl groups is 1. The standard InChI is InChI=1S/C25H33NO.2ClH.Ti/c1-17-6-8-19(9-7-17)23-15-18(2)14-20(24(23)27)16-26-22-12-10-21(11-13-22)25(3,4)5;;;/h10-17,19,27H,6-9H2,1-5H3;2*1H;/q;;;+2/p-2. The van der Waals surface area contributed by atoms with Gasteiger partial charge in [0.25, 0.3) is 0 Å². The summed E-state index contributed by atoms with van der Waals surface area (Å²) in [6.45, 7) is 11.1.